The van der Waals surface area contributed by atoms with E-state index in [4.69, 9.17) is 22.9 Å². The summed E-state index contributed by atoms with van der Waals surface area (Å²) < 4.78 is 14.6. The van der Waals surface area contributed by atoms with Crippen molar-refractivity contribution in [2.24, 2.45) is 22.9 Å². The number of amides is 1. The summed E-state index contributed by atoms with van der Waals surface area (Å²) in [5.41, 5.74) is 21.6. The quantitative estimate of drug-likeness (QED) is 0.413. The second-order valence-corrected chi connectivity index (χ2v) is 7.44. The Hall–Kier alpha value is -3.04. The summed E-state index contributed by atoms with van der Waals surface area (Å²) >= 11 is 1.11. The smallest absolute Gasteiger partial charge is 0.251 e. The van der Waals surface area contributed by atoms with Crippen molar-refractivity contribution in [1.82, 2.24) is 0 Å². The van der Waals surface area contributed by atoms with Crippen molar-refractivity contribution < 1.29 is 14.3 Å². The van der Waals surface area contributed by atoms with Crippen LogP contribution in [-0.4, -0.2) is 11.0 Å². The van der Waals surface area contributed by atoms with Crippen LogP contribution < -0.4 is 28.3 Å². The van der Waals surface area contributed by atoms with E-state index in [0.29, 0.717) is 15.4 Å². The number of carbonyl (C=O) groups excluding carboxylic acids is 1. The van der Waals surface area contributed by atoms with Crippen LogP contribution in [0.15, 0.2) is 48.1 Å². The molecule has 0 fully saturated rings. The molecule has 0 saturated carbocycles. The van der Waals surface area contributed by atoms with Gasteiger partial charge in [-0.1, -0.05) is 12.1 Å². The first-order chi connectivity index (χ1) is 12.5. The number of nitrogens with two attached hydrogens (primary N) is 4. The van der Waals surface area contributed by atoms with Gasteiger partial charge in [-0.3, -0.25) is 4.79 Å². The van der Waals surface area contributed by atoms with Crippen LogP contribution in [0.25, 0.3) is 10.4 Å². The van der Waals surface area contributed by atoms with Gasteiger partial charge in [-0.15, -0.1) is 11.3 Å². The Labute approximate surface area is 160 Å². The van der Waals surface area contributed by atoms with Crippen LogP contribution in [0.1, 0.15) is 29.8 Å². The van der Waals surface area contributed by atoms with Crippen LogP contribution in [-0.2, 0) is 5.60 Å². The highest BCUT2D eigenvalue weighted by Gasteiger charge is 2.21. The normalized spacial score (nSPS) is 11.9. The summed E-state index contributed by atoms with van der Waals surface area (Å²) in [6, 6.07) is 5.91. The topological polar surface area (TPSA) is 153 Å². The minimum atomic E-state index is -1.17. The number of thiophene rings is 1. The number of halogens is 1. The van der Waals surface area contributed by atoms with Crippen molar-refractivity contribution in [3.63, 3.8) is 0 Å². The van der Waals surface area contributed by atoms with Gasteiger partial charge in [0.15, 0.2) is 0 Å². The number of allylic oxidation sites excluding steroid dienone is 2. The Bertz CT molecular complexity index is 924. The average Bonchev–Trinajstić information content (AvgIpc) is 2.95. The molecule has 1 aromatic heterocycles. The Balaban J connectivity index is 2.44. The summed E-state index contributed by atoms with van der Waals surface area (Å²) in [5, 5.41) is 13.2. The van der Waals surface area contributed by atoms with Gasteiger partial charge in [0.2, 0.25) is 0 Å². The maximum Gasteiger partial charge on any atom is 0.251 e. The van der Waals surface area contributed by atoms with Crippen LogP contribution in [0.2, 0.25) is 0 Å². The highest BCUT2D eigenvalue weighted by atomic mass is 32.1. The van der Waals surface area contributed by atoms with Crippen LogP contribution in [0.3, 0.4) is 0 Å². The van der Waals surface area contributed by atoms with Gasteiger partial charge in [-0.25, -0.2) is 4.39 Å². The maximum atomic E-state index is 14.6. The Kier molecular flexibility index (Phi) is 5.77. The standard InChI is InChI=1S/C18H22FN5O2S/c1-18(2,26)9-3-4-10(12(19)7-9)13-8-11(16(23)25)17(27-13)24-15(22)6-5-14(20)21/h3-8,24,26H,20-22H2,1-2H3,(H2,23,25)/b15-6+. The number of aliphatic hydroxyl groups is 1. The third-order valence-electron chi connectivity index (χ3n) is 3.65. The Morgan fingerprint density at radius 3 is 2.37 bits per heavy atom. The van der Waals surface area contributed by atoms with Gasteiger partial charge in [0.1, 0.15) is 16.6 Å². The predicted molar refractivity (Wildman–Crippen MR) is 106 cm³/mol. The zero-order chi connectivity index (χ0) is 20.4. The number of anilines is 1. The minimum Gasteiger partial charge on any atom is -0.386 e. The number of rotatable bonds is 6. The van der Waals surface area contributed by atoms with Gasteiger partial charge in [-0.05, 0) is 43.7 Å². The molecule has 2 aromatic rings. The molecule has 2 rings (SSSR count). The SMILES string of the molecule is CC(C)(O)c1ccc(-c2cc(C(N)=O)c(N/C(N)=C/C=C(N)N)s2)c(F)c1. The molecule has 0 saturated heterocycles. The fourth-order valence-electron chi connectivity index (χ4n) is 2.25. The molecule has 0 bridgehead atoms. The van der Waals surface area contributed by atoms with E-state index in [2.05, 4.69) is 5.32 Å². The van der Waals surface area contributed by atoms with Gasteiger partial charge < -0.3 is 33.4 Å². The van der Waals surface area contributed by atoms with Crippen molar-refractivity contribution in [3.8, 4) is 10.4 Å². The summed E-state index contributed by atoms with van der Waals surface area (Å²) in [4.78, 5) is 12.2. The molecule has 1 aromatic carbocycles. The number of primary amides is 1. The summed E-state index contributed by atoms with van der Waals surface area (Å²) in [6.45, 7) is 3.13. The van der Waals surface area contributed by atoms with Crippen molar-refractivity contribution in [3.05, 3.63) is 65.0 Å². The van der Waals surface area contributed by atoms with E-state index >= 15 is 0 Å². The van der Waals surface area contributed by atoms with E-state index < -0.39 is 17.3 Å². The van der Waals surface area contributed by atoms with Gasteiger partial charge in [-0.2, -0.15) is 0 Å². The van der Waals surface area contributed by atoms with Crippen molar-refractivity contribution in [2.45, 2.75) is 19.4 Å². The van der Waals surface area contributed by atoms with Crippen molar-refractivity contribution in [1.29, 1.82) is 0 Å². The summed E-state index contributed by atoms with van der Waals surface area (Å²) in [6.07, 6.45) is 2.81. The van der Waals surface area contributed by atoms with Crippen LogP contribution in [0.4, 0.5) is 9.39 Å². The minimum absolute atomic E-state index is 0.0655. The molecule has 1 amide bonds. The van der Waals surface area contributed by atoms with Gasteiger partial charge in [0.05, 0.1) is 17.0 Å². The third-order valence-corrected chi connectivity index (χ3v) is 4.74. The number of hydrogen-bond acceptors (Lipinski definition) is 7. The third kappa shape index (κ3) is 4.99. The fraction of sp³-hybridized carbons (Fsp3) is 0.167. The fourth-order valence-corrected chi connectivity index (χ4v) is 3.36. The first kappa shape index (κ1) is 20.3. The Morgan fingerprint density at radius 1 is 1.19 bits per heavy atom. The average molecular weight is 391 g/mol. The monoisotopic (exact) mass is 391 g/mol. The summed E-state index contributed by atoms with van der Waals surface area (Å²) in [7, 11) is 0. The molecule has 0 unspecified atom stereocenters. The lowest BCUT2D eigenvalue weighted by Crippen LogP contribution is -2.15. The first-order valence-electron chi connectivity index (χ1n) is 7.91. The number of benzene rings is 1. The van der Waals surface area contributed by atoms with E-state index in [-0.39, 0.29) is 22.8 Å². The lowest BCUT2D eigenvalue weighted by atomic mass is 9.96. The lowest BCUT2D eigenvalue weighted by Gasteiger charge is -2.18. The largest absolute Gasteiger partial charge is 0.386 e. The lowest BCUT2D eigenvalue weighted by molar-refractivity contribution is 0.0782. The zero-order valence-electron chi connectivity index (χ0n) is 14.9. The molecule has 0 aliphatic heterocycles. The molecule has 10 N–H and O–H groups in total. The highest BCUT2D eigenvalue weighted by Crippen LogP contribution is 2.37. The Morgan fingerprint density at radius 2 is 1.85 bits per heavy atom. The van der Waals surface area contributed by atoms with E-state index in [1.807, 2.05) is 0 Å². The maximum absolute atomic E-state index is 14.6. The van der Waals surface area contributed by atoms with Gasteiger partial charge >= 0.3 is 0 Å². The van der Waals surface area contributed by atoms with E-state index in [0.717, 1.165) is 11.3 Å². The van der Waals surface area contributed by atoms with Crippen LogP contribution in [0, 0.1) is 5.82 Å². The van der Waals surface area contributed by atoms with Crippen molar-refractivity contribution >= 4 is 22.2 Å². The van der Waals surface area contributed by atoms with Gasteiger partial charge in [0.25, 0.3) is 5.91 Å². The first-order valence-corrected chi connectivity index (χ1v) is 8.72. The second kappa shape index (κ2) is 7.68. The van der Waals surface area contributed by atoms with Crippen LogP contribution >= 0.6 is 11.3 Å². The molecule has 144 valence electrons. The molecule has 1 heterocycles. The molecule has 27 heavy (non-hydrogen) atoms. The number of carbonyl (C=O) groups is 1. The number of nitrogens with one attached hydrogen (secondary N) is 1. The van der Waals surface area contributed by atoms with E-state index in [1.165, 1.54) is 24.3 Å². The van der Waals surface area contributed by atoms with Crippen LogP contribution in [0.5, 0.6) is 0 Å². The second-order valence-electron chi connectivity index (χ2n) is 6.39. The molecule has 0 aliphatic rings. The van der Waals surface area contributed by atoms with E-state index in [9.17, 15) is 14.3 Å². The van der Waals surface area contributed by atoms with Crippen molar-refractivity contribution in [2.75, 3.05) is 5.32 Å². The molecular formula is C18H22FN5O2S. The highest BCUT2D eigenvalue weighted by molar-refractivity contribution is 7.19. The molecule has 7 nitrogen and oxygen atoms in total. The molecule has 0 spiro atoms. The molecule has 9 heteroatoms. The van der Waals surface area contributed by atoms with E-state index in [1.54, 1.807) is 26.0 Å². The zero-order valence-corrected chi connectivity index (χ0v) is 15.7. The molecular weight excluding hydrogens is 369 g/mol. The molecule has 0 aliphatic carbocycles. The van der Waals surface area contributed by atoms with Gasteiger partial charge in [0, 0.05) is 10.4 Å². The predicted octanol–water partition coefficient (Wildman–Crippen LogP) is 1.85. The molecule has 0 radical (unpaired) electrons. The summed E-state index contributed by atoms with van der Waals surface area (Å²) in [5.74, 6) is -0.969. The number of hydrogen-bond donors (Lipinski definition) is 6. The molecule has 0 atom stereocenters.